The van der Waals surface area contributed by atoms with Crippen LogP contribution in [0.3, 0.4) is 0 Å². The molecular formula is C18H18N4O3S. The topological polar surface area (TPSA) is 94.4 Å². The van der Waals surface area contributed by atoms with Crippen LogP contribution in [0.5, 0.6) is 0 Å². The van der Waals surface area contributed by atoms with Crippen molar-refractivity contribution in [2.45, 2.75) is 4.90 Å². The molecule has 0 radical (unpaired) electrons. The Morgan fingerprint density at radius 1 is 1.15 bits per heavy atom. The molecule has 1 aromatic heterocycles. The van der Waals surface area contributed by atoms with Crippen molar-refractivity contribution in [1.82, 2.24) is 9.88 Å². The number of nitrogens with zero attached hydrogens (tertiary/aromatic N) is 4. The lowest BCUT2D eigenvalue weighted by Crippen LogP contribution is -2.49. The number of piperazine rings is 1. The van der Waals surface area contributed by atoms with Gasteiger partial charge in [-0.3, -0.25) is 4.79 Å². The fraction of sp³-hybridized carbons (Fsp3) is 0.278. The zero-order valence-electron chi connectivity index (χ0n) is 14.3. The first-order chi connectivity index (χ1) is 12.4. The van der Waals surface area contributed by atoms with E-state index in [0.717, 1.165) is 12.1 Å². The summed E-state index contributed by atoms with van der Waals surface area (Å²) in [6, 6.07) is 11.6. The van der Waals surface area contributed by atoms with Crippen LogP contribution in [0.25, 0.3) is 0 Å². The SMILES string of the molecule is CS(=O)(=O)c1cccc(C(=O)N2CCN(c3cc(C#N)ccn3)CC2)c1. The number of nitriles is 1. The van der Waals surface area contributed by atoms with Crippen molar-refractivity contribution in [3.63, 3.8) is 0 Å². The Kier molecular flexibility index (Phi) is 4.91. The molecule has 1 saturated heterocycles. The van der Waals surface area contributed by atoms with E-state index in [2.05, 4.69) is 11.1 Å². The molecule has 1 aliphatic rings. The minimum Gasteiger partial charge on any atom is -0.353 e. The molecule has 2 aromatic rings. The van der Waals surface area contributed by atoms with Gasteiger partial charge in [-0.15, -0.1) is 0 Å². The third-order valence-electron chi connectivity index (χ3n) is 4.27. The molecule has 1 amide bonds. The lowest BCUT2D eigenvalue weighted by Gasteiger charge is -2.35. The van der Waals surface area contributed by atoms with Crippen LogP contribution in [0.4, 0.5) is 5.82 Å². The minimum absolute atomic E-state index is 0.138. The number of rotatable bonds is 3. The van der Waals surface area contributed by atoms with Crippen LogP contribution in [0, 0.1) is 11.3 Å². The van der Waals surface area contributed by atoms with Gasteiger partial charge in [-0.1, -0.05) is 6.07 Å². The van der Waals surface area contributed by atoms with E-state index in [0.29, 0.717) is 37.3 Å². The van der Waals surface area contributed by atoms with E-state index in [1.54, 1.807) is 35.4 Å². The van der Waals surface area contributed by atoms with Crippen LogP contribution in [0.1, 0.15) is 15.9 Å². The van der Waals surface area contributed by atoms with E-state index in [4.69, 9.17) is 5.26 Å². The molecule has 0 N–H and O–H groups in total. The number of hydrogen-bond donors (Lipinski definition) is 0. The molecular weight excluding hydrogens is 352 g/mol. The Hall–Kier alpha value is -2.92. The van der Waals surface area contributed by atoms with Crippen molar-refractivity contribution in [2.24, 2.45) is 0 Å². The van der Waals surface area contributed by atoms with Crippen molar-refractivity contribution >= 4 is 21.6 Å². The first kappa shape index (κ1) is 17.9. The monoisotopic (exact) mass is 370 g/mol. The van der Waals surface area contributed by atoms with Crippen LogP contribution >= 0.6 is 0 Å². The van der Waals surface area contributed by atoms with Crippen molar-refractivity contribution in [3.05, 3.63) is 53.7 Å². The van der Waals surface area contributed by atoms with E-state index in [1.807, 2.05) is 4.90 Å². The molecule has 1 aliphatic heterocycles. The van der Waals surface area contributed by atoms with Gasteiger partial charge in [0.05, 0.1) is 16.5 Å². The summed E-state index contributed by atoms with van der Waals surface area (Å²) in [4.78, 5) is 20.8. The maximum Gasteiger partial charge on any atom is 0.254 e. The zero-order chi connectivity index (χ0) is 18.7. The molecule has 0 saturated carbocycles. The van der Waals surface area contributed by atoms with Gasteiger partial charge in [0.1, 0.15) is 5.82 Å². The number of anilines is 1. The number of aromatic nitrogens is 1. The number of carbonyl (C=O) groups excluding carboxylic acids is 1. The van der Waals surface area contributed by atoms with Gasteiger partial charge in [-0.05, 0) is 30.3 Å². The summed E-state index contributed by atoms with van der Waals surface area (Å²) in [6.07, 6.45) is 2.72. The van der Waals surface area contributed by atoms with Crippen LogP contribution in [0.2, 0.25) is 0 Å². The number of pyridine rings is 1. The third kappa shape index (κ3) is 3.83. The van der Waals surface area contributed by atoms with E-state index >= 15 is 0 Å². The Morgan fingerprint density at radius 2 is 1.88 bits per heavy atom. The smallest absolute Gasteiger partial charge is 0.254 e. The standard InChI is InChI=1S/C18H18N4O3S/c1-26(24,25)16-4-2-3-15(12-16)18(23)22-9-7-21(8-10-22)17-11-14(13-19)5-6-20-17/h2-6,11-12H,7-10H2,1H3. The normalized spacial score (nSPS) is 14.8. The van der Waals surface area contributed by atoms with Crippen molar-refractivity contribution in [2.75, 3.05) is 37.3 Å². The van der Waals surface area contributed by atoms with Crippen LogP contribution in [0.15, 0.2) is 47.5 Å². The van der Waals surface area contributed by atoms with E-state index in [9.17, 15) is 13.2 Å². The summed E-state index contributed by atoms with van der Waals surface area (Å²) in [5.41, 5.74) is 0.914. The van der Waals surface area contributed by atoms with Crippen molar-refractivity contribution < 1.29 is 13.2 Å². The first-order valence-corrected chi connectivity index (χ1v) is 9.98. The average Bonchev–Trinajstić information content (AvgIpc) is 2.67. The Bertz CT molecular complexity index is 974. The number of benzene rings is 1. The summed E-state index contributed by atoms with van der Waals surface area (Å²) in [6.45, 7) is 2.19. The fourth-order valence-corrected chi connectivity index (χ4v) is 3.51. The summed E-state index contributed by atoms with van der Waals surface area (Å²) < 4.78 is 23.3. The van der Waals surface area contributed by atoms with Gasteiger partial charge in [0.25, 0.3) is 5.91 Å². The minimum atomic E-state index is -3.35. The van der Waals surface area contributed by atoms with E-state index in [1.165, 1.54) is 12.1 Å². The molecule has 0 unspecified atom stereocenters. The molecule has 0 aliphatic carbocycles. The van der Waals surface area contributed by atoms with Gasteiger partial charge in [0.15, 0.2) is 9.84 Å². The third-order valence-corrected chi connectivity index (χ3v) is 5.38. The number of amides is 1. The maximum absolute atomic E-state index is 12.7. The fourth-order valence-electron chi connectivity index (χ4n) is 2.84. The largest absolute Gasteiger partial charge is 0.353 e. The Morgan fingerprint density at radius 3 is 2.54 bits per heavy atom. The predicted octanol–water partition coefficient (Wildman–Crippen LogP) is 1.32. The van der Waals surface area contributed by atoms with Gasteiger partial charge in [0, 0.05) is 44.2 Å². The molecule has 1 fully saturated rings. The second kappa shape index (κ2) is 7.14. The average molecular weight is 370 g/mol. The van der Waals surface area contributed by atoms with E-state index < -0.39 is 9.84 Å². The van der Waals surface area contributed by atoms with Crippen LogP contribution in [-0.2, 0) is 9.84 Å². The first-order valence-electron chi connectivity index (χ1n) is 8.09. The molecule has 2 heterocycles. The van der Waals surface area contributed by atoms with Crippen molar-refractivity contribution in [3.8, 4) is 6.07 Å². The zero-order valence-corrected chi connectivity index (χ0v) is 15.1. The molecule has 0 bridgehead atoms. The molecule has 26 heavy (non-hydrogen) atoms. The quantitative estimate of drug-likeness (QED) is 0.809. The molecule has 0 atom stereocenters. The summed E-state index contributed by atoms with van der Waals surface area (Å²) >= 11 is 0. The highest BCUT2D eigenvalue weighted by molar-refractivity contribution is 7.90. The number of sulfone groups is 1. The second-order valence-electron chi connectivity index (χ2n) is 6.09. The summed E-state index contributed by atoms with van der Waals surface area (Å²) in [7, 11) is -3.35. The Balaban J connectivity index is 1.70. The second-order valence-corrected chi connectivity index (χ2v) is 8.11. The van der Waals surface area contributed by atoms with Gasteiger partial charge in [0.2, 0.25) is 0 Å². The molecule has 7 nitrogen and oxygen atoms in total. The maximum atomic E-state index is 12.7. The summed E-state index contributed by atoms with van der Waals surface area (Å²) in [5, 5.41) is 8.99. The van der Waals surface area contributed by atoms with Gasteiger partial charge < -0.3 is 9.80 Å². The molecule has 1 aromatic carbocycles. The van der Waals surface area contributed by atoms with E-state index in [-0.39, 0.29) is 10.8 Å². The molecule has 8 heteroatoms. The van der Waals surface area contributed by atoms with Gasteiger partial charge in [-0.2, -0.15) is 5.26 Å². The molecule has 0 spiro atoms. The summed E-state index contributed by atoms with van der Waals surface area (Å²) in [5.74, 6) is 0.532. The lowest BCUT2D eigenvalue weighted by atomic mass is 10.2. The predicted molar refractivity (Wildman–Crippen MR) is 96.6 cm³/mol. The highest BCUT2D eigenvalue weighted by Gasteiger charge is 2.23. The van der Waals surface area contributed by atoms with Crippen LogP contribution < -0.4 is 4.90 Å². The number of carbonyl (C=O) groups is 1. The van der Waals surface area contributed by atoms with Crippen molar-refractivity contribution in [1.29, 1.82) is 5.26 Å². The molecule has 134 valence electrons. The lowest BCUT2D eigenvalue weighted by molar-refractivity contribution is 0.0746. The van der Waals surface area contributed by atoms with Gasteiger partial charge >= 0.3 is 0 Å². The number of hydrogen-bond acceptors (Lipinski definition) is 6. The highest BCUT2D eigenvalue weighted by Crippen LogP contribution is 2.17. The highest BCUT2D eigenvalue weighted by atomic mass is 32.2. The Labute approximate surface area is 152 Å². The van der Waals surface area contributed by atoms with Gasteiger partial charge in [-0.25, -0.2) is 13.4 Å². The molecule has 3 rings (SSSR count). The van der Waals surface area contributed by atoms with Crippen LogP contribution in [-0.4, -0.2) is 56.6 Å².